The van der Waals surface area contributed by atoms with Gasteiger partial charge in [0.2, 0.25) is 11.8 Å². The Morgan fingerprint density at radius 2 is 1.72 bits per heavy atom. The summed E-state index contributed by atoms with van der Waals surface area (Å²) in [6.07, 6.45) is -15.4. The van der Waals surface area contributed by atoms with Crippen molar-refractivity contribution >= 4 is 5.95 Å². The number of hydrogen-bond donors (Lipinski definition) is 1. The molecule has 0 radical (unpaired) electrons. The first kappa shape index (κ1) is 27.0. The molecular formula is C23H20F7N3O3. The maximum atomic E-state index is 13.3. The lowest BCUT2D eigenvalue weighted by Crippen LogP contribution is -2.41. The van der Waals surface area contributed by atoms with Crippen LogP contribution in [0.15, 0.2) is 60.8 Å². The normalized spacial score (nSPS) is 12.9. The summed E-state index contributed by atoms with van der Waals surface area (Å²) in [6, 6.07) is 12.8. The maximum Gasteiger partial charge on any atom is 0.461 e. The van der Waals surface area contributed by atoms with Gasteiger partial charge in [0.25, 0.3) is 0 Å². The van der Waals surface area contributed by atoms with E-state index in [-0.39, 0.29) is 17.4 Å². The van der Waals surface area contributed by atoms with Gasteiger partial charge in [-0.1, -0.05) is 30.3 Å². The van der Waals surface area contributed by atoms with E-state index in [1.54, 1.807) is 31.2 Å². The van der Waals surface area contributed by atoms with Crippen molar-refractivity contribution in [2.75, 3.05) is 11.4 Å². The number of rotatable bonds is 10. The van der Waals surface area contributed by atoms with Crippen LogP contribution in [0.4, 0.5) is 36.7 Å². The fourth-order valence-electron chi connectivity index (χ4n) is 2.98. The van der Waals surface area contributed by atoms with E-state index in [0.29, 0.717) is 5.75 Å². The number of aromatic nitrogens is 2. The van der Waals surface area contributed by atoms with Crippen molar-refractivity contribution < 1.29 is 45.3 Å². The van der Waals surface area contributed by atoms with Crippen molar-refractivity contribution in [2.45, 2.75) is 38.3 Å². The van der Waals surface area contributed by atoms with Gasteiger partial charge in [-0.25, -0.2) is 4.98 Å². The number of benzene rings is 2. The Balaban J connectivity index is 1.89. The fourth-order valence-corrected chi connectivity index (χ4v) is 2.98. The van der Waals surface area contributed by atoms with Gasteiger partial charge < -0.3 is 19.5 Å². The molecular weight excluding hydrogens is 499 g/mol. The Bertz CT molecular complexity index is 1160. The first-order valence-electron chi connectivity index (χ1n) is 10.4. The zero-order valence-corrected chi connectivity index (χ0v) is 18.6. The molecule has 0 aliphatic heterocycles. The summed E-state index contributed by atoms with van der Waals surface area (Å²) in [7, 11) is 0. The molecule has 0 bridgehead atoms. The summed E-state index contributed by atoms with van der Waals surface area (Å²) < 4.78 is 100. The predicted octanol–water partition coefficient (Wildman–Crippen LogP) is 5.74. The van der Waals surface area contributed by atoms with Gasteiger partial charge >= 0.3 is 18.7 Å². The number of anilines is 1. The van der Waals surface area contributed by atoms with Gasteiger partial charge in [-0.15, -0.1) is 0 Å². The summed E-state index contributed by atoms with van der Waals surface area (Å²) in [4.78, 5) is 8.99. The second-order valence-corrected chi connectivity index (χ2v) is 7.61. The molecule has 2 aromatic carbocycles. The number of para-hydroxylation sites is 1. The molecule has 0 unspecified atom stereocenters. The molecule has 1 aromatic heterocycles. The van der Waals surface area contributed by atoms with Crippen LogP contribution in [0.5, 0.6) is 17.4 Å². The standard InChI is InChI=1S/C23H20F7N3O3/c1-14-5-2-3-8-17(14)35-19-9-10-31-21(32-19)33(13-18(34)22(26,27)28)12-15-6-4-7-16(11-15)36-23(29,30)20(24)25/h2-11,18,20,34H,12-13H2,1H3/t18-/m1/s1. The van der Waals surface area contributed by atoms with Gasteiger partial charge in [-0.2, -0.15) is 35.7 Å². The molecule has 0 aliphatic carbocycles. The summed E-state index contributed by atoms with van der Waals surface area (Å²) in [5.74, 6) is -0.469. The first-order valence-corrected chi connectivity index (χ1v) is 10.4. The monoisotopic (exact) mass is 519 g/mol. The Kier molecular flexibility index (Phi) is 8.23. The van der Waals surface area contributed by atoms with Crippen molar-refractivity contribution in [3.05, 3.63) is 71.9 Å². The average Bonchev–Trinajstić information content (AvgIpc) is 2.79. The van der Waals surface area contributed by atoms with Gasteiger partial charge in [0.15, 0.2) is 6.10 Å². The molecule has 194 valence electrons. The van der Waals surface area contributed by atoms with E-state index >= 15 is 0 Å². The number of hydrogen-bond acceptors (Lipinski definition) is 6. The topological polar surface area (TPSA) is 67.7 Å². The van der Waals surface area contributed by atoms with Crippen molar-refractivity contribution in [1.29, 1.82) is 0 Å². The quantitative estimate of drug-likeness (QED) is 0.345. The molecule has 6 nitrogen and oxygen atoms in total. The van der Waals surface area contributed by atoms with Crippen LogP contribution >= 0.6 is 0 Å². The summed E-state index contributed by atoms with van der Waals surface area (Å²) >= 11 is 0. The number of aliphatic hydroxyl groups excluding tert-OH is 1. The highest BCUT2D eigenvalue weighted by molar-refractivity contribution is 5.39. The molecule has 3 aromatic rings. The summed E-state index contributed by atoms with van der Waals surface area (Å²) in [6.45, 7) is 0.337. The van der Waals surface area contributed by atoms with Crippen LogP contribution in [-0.2, 0) is 6.54 Å². The third-order valence-electron chi connectivity index (χ3n) is 4.76. The van der Waals surface area contributed by atoms with Crippen molar-refractivity contribution in [3.8, 4) is 17.4 Å². The van der Waals surface area contributed by atoms with E-state index in [1.807, 2.05) is 0 Å². The molecule has 0 saturated heterocycles. The van der Waals surface area contributed by atoms with Crippen LogP contribution in [0, 0.1) is 6.92 Å². The van der Waals surface area contributed by atoms with Gasteiger partial charge in [0, 0.05) is 18.8 Å². The molecule has 1 N–H and O–H groups in total. The molecule has 0 fully saturated rings. The number of aryl methyl sites for hydroxylation is 1. The molecule has 0 amide bonds. The molecule has 36 heavy (non-hydrogen) atoms. The van der Waals surface area contributed by atoms with Gasteiger partial charge in [-0.05, 0) is 36.2 Å². The second-order valence-electron chi connectivity index (χ2n) is 7.61. The molecule has 1 atom stereocenters. The molecule has 13 heteroatoms. The lowest BCUT2D eigenvalue weighted by Gasteiger charge is -2.27. The van der Waals surface area contributed by atoms with Crippen LogP contribution in [-0.4, -0.2) is 46.4 Å². The highest BCUT2D eigenvalue weighted by atomic mass is 19.4. The smallest absolute Gasteiger partial charge is 0.439 e. The Morgan fingerprint density at radius 1 is 1.00 bits per heavy atom. The van der Waals surface area contributed by atoms with E-state index in [9.17, 15) is 35.8 Å². The van der Waals surface area contributed by atoms with E-state index in [4.69, 9.17) is 4.74 Å². The molecule has 0 aliphatic rings. The number of alkyl halides is 7. The average molecular weight is 519 g/mol. The van der Waals surface area contributed by atoms with Gasteiger partial charge in [-0.3, -0.25) is 0 Å². The van der Waals surface area contributed by atoms with Crippen LogP contribution in [0.25, 0.3) is 0 Å². The second kappa shape index (κ2) is 11.0. The highest BCUT2D eigenvalue weighted by Gasteiger charge is 2.44. The first-order chi connectivity index (χ1) is 16.8. The number of aliphatic hydroxyl groups is 1. The highest BCUT2D eigenvalue weighted by Crippen LogP contribution is 2.30. The largest absolute Gasteiger partial charge is 0.461 e. The number of ether oxygens (including phenoxy) is 2. The minimum atomic E-state index is -4.97. The summed E-state index contributed by atoms with van der Waals surface area (Å²) in [5.41, 5.74) is 0.861. The zero-order chi connectivity index (χ0) is 26.5. The lowest BCUT2D eigenvalue weighted by molar-refractivity contribution is -0.253. The third kappa shape index (κ3) is 7.20. The van der Waals surface area contributed by atoms with E-state index in [0.717, 1.165) is 22.6 Å². The Hall–Kier alpha value is -3.61. The molecule has 0 spiro atoms. The van der Waals surface area contributed by atoms with E-state index in [2.05, 4.69) is 14.7 Å². The number of nitrogens with zero attached hydrogens (tertiary/aromatic N) is 3. The van der Waals surface area contributed by atoms with Crippen molar-refractivity contribution in [3.63, 3.8) is 0 Å². The molecule has 0 saturated carbocycles. The van der Waals surface area contributed by atoms with Gasteiger partial charge in [0.1, 0.15) is 11.5 Å². The summed E-state index contributed by atoms with van der Waals surface area (Å²) in [5, 5.41) is 9.64. The zero-order valence-electron chi connectivity index (χ0n) is 18.6. The van der Waals surface area contributed by atoms with Gasteiger partial charge in [0.05, 0.1) is 6.54 Å². The predicted molar refractivity (Wildman–Crippen MR) is 114 cm³/mol. The van der Waals surface area contributed by atoms with E-state index < -0.39 is 43.7 Å². The lowest BCUT2D eigenvalue weighted by atomic mass is 10.2. The molecule has 3 rings (SSSR count). The van der Waals surface area contributed by atoms with Crippen LogP contribution in [0.1, 0.15) is 11.1 Å². The minimum Gasteiger partial charge on any atom is -0.439 e. The SMILES string of the molecule is Cc1ccccc1Oc1ccnc(N(Cc2cccc(OC(F)(F)C(F)F)c2)C[C@@H](O)C(F)(F)F)n1. The fraction of sp³-hybridized carbons (Fsp3) is 0.304. The van der Waals surface area contributed by atoms with Crippen molar-refractivity contribution in [1.82, 2.24) is 9.97 Å². The third-order valence-corrected chi connectivity index (χ3v) is 4.76. The van der Waals surface area contributed by atoms with Crippen LogP contribution in [0.2, 0.25) is 0 Å². The maximum absolute atomic E-state index is 13.3. The number of halogens is 7. The van der Waals surface area contributed by atoms with Crippen molar-refractivity contribution in [2.24, 2.45) is 0 Å². The van der Waals surface area contributed by atoms with E-state index in [1.165, 1.54) is 24.4 Å². The minimum absolute atomic E-state index is 0.00513. The molecule has 1 heterocycles. The Labute approximate surface area is 200 Å². The van der Waals surface area contributed by atoms with Crippen LogP contribution < -0.4 is 14.4 Å². The Morgan fingerprint density at radius 3 is 2.39 bits per heavy atom. The van der Waals surface area contributed by atoms with Crippen LogP contribution in [0.3, 0.4) is 0 Å².